The first-order valence-corrected chi connectivity index (χ1v) is 10.1. The Bertz CT molecular complexity index is 1280. The molecule has 1 N–H and O–H groups in total. The van der Waals surface area contributed by atoms with Crippen LogP contribution in [0.1, 0.15) is 27.8 Å². The number of amides is 4. The topological polar surface area (TPSA) is 66.5 Å². The van der Waals surface area contributed by atoms with Gasteiger partial charge < -0.3 is 0 Å². The van der Waals surface area contributed by atoms with Crippen LogP contribution < -0.4 is 10.2 Å². The van der Waals surface area contributed by atoms with Crippen LogP contribution in [0.2, 0.25) is 0 Å². The lowest BCUT2D eigenvalue weighted by Gasteiger charge is -2.27. The van der Waals surface area contributed by atoms with Gasteiger partial charge in [0.15, 0.2) is 0 Å². The Hall–Kier alpha value is -4.06. The number of nitrogens with one attached hydrogen (secondary N) is 1. The number of hydrogen-bond donors (Lipinski definition) is 1. The quantitative estimate of drug-likeness (QED) is 0.484. The number of imide groups is 2. The fourth-order valence-electron chi connectivity index (χ4n) is 3.60. The summed E-state index contributed by atoms with van der Waals surface area (Å²) in [7, 11) is 0. The lowest BCUT2D eigenvalue weighted by atomic mass is 9.97. The zero-order valence-corrected chi connectivity index (χ0v) is 17.7. The van der Waals surface area contributed by atoms with Crippen LogP contribution in [-0.2, 0) is 16.0 Å². The van der Waals surface area contributed by atoms with Crippen molar-refractivity contribution in [1.29, 1.82) is 0 Å². The van der Waals surface area contributed by atoms with Gasteiger partial charge in [-0.05, 0) is 65.9 Å². The van der Waals surface area contributed by atoms with Gasteiger partial charge >= 0.3 is 6.03 Å². The van der Waals surface area contributed by atoms with Crippen molar-refractivity contribution in [3.05, 3.63) is 106 Å². The summed E-state index contributed by atoms with van der Waals surface area (Å²) in [6.07, 6.45) is 1.75. The number of aryl methyl sites for hydroxylation is 2. The first-order valence-electron chi connectivity index (χ1n) is 10.1. The van der Waals surface area contributed by atoms with Crippen LogP contribution in [0.15, 0.2) is 72.3 Å². The molecule has 3 aromatic rings. The predicted molar refractivity (Wildman–Crippen MR) is 121 cm³/mol. The fourth-order valence-corrected chi connectivity index (χ4v) is 3.60. The number of halogens is 1. The number of urea groups is 1. The van der Waals surface area contributed by atoms with Gasteiger partial charge in [-0.1, -0.05) is 48.5 Å². The van der Waals surface area contributed by atoms with Crippen LogP contribution in [0.3, 0.4) is 0 Å². The standard InChI is InChI=1S/C26H21FN2O3/c1-16-11-12-21(13-17(16)2)29-25(31)22(24(30)28-26(29)32)15-19-8-4-3-7-18(19)14-20-9-5-6-10-23(20)27/h3-13,15H,14H2,1-2H3,(H,28,30,32)/b22-15+. The average Bonchev–Trinajstić information content (AvgIpc) is 2.76. The number of barbiturate groups is 1. The summed E-state index contributed by atoms with van der Waals surface area (Å²) in [6, 6.07) is 18.0. The molecule has 0 saturated carbocycles. The minimum atomic E-state index is -0.792. The van der Waals surface area contributed by atoms with Crippen molar-refractivity contribution < 1.29 is 18.8 Å². The first-order chi connectivity index (χ1) is 15.3. The molecular formula is C26H21FN2O3. The van der Waals surface area contributed by atoms with Gasteiger partial charge in [-0.3, -0.25) is 14.9 Å². The van der Waals surface area contributed by atoms with E-state index in [1.54, 1.807) is 42.5 Å². The number of nitrogens with zero attached hydrogens (tertiary/aromatic N) is 1. The molecule has 0 unspecified atom stereocenters. The summed E-state index contributed by atoms with van der Waals surface area (Å²) in [5.74, 6) is -1.79. The third-order valence-corrected chi connectivity index (χ3v) is 5.54. The van der Waals surface area contributed by atoms with Crippen molar-refractivity contribution >= 4 is 29.6 Å². The van der Waals surface area contributed by atoms with Crippen molar-refractivity contribution in [3.8, 4) is 0 Å². The highest BCUT2D eigenvalue weighted by Crippen LogP contribution is 2.25. The normalized spacial score (nSPS) is 15.3. The lowest BCUT2D eigenvalue weighted by Crippen LogP contribution is -2.54. The van der Waals surface area contributed by atoms with E-state index in [1.807, 2.05) is 32.0 Å². The van der Waals surface area contributed by atoms with Crippen molar-refractivity contribution in [2.75, 3.05) is 4.90 Å². The molecule has 1 fully saturated rings. The van der Waals surface area contributed by atoms with Crippen molar-refractivity contribution in [1.82, 2.24) is 5.32 Å². The second kappa shape index (κ2) is 8.59. The number of benzene rings is 3. The van der Waals surface area contributed by atoms with E-state index in [9.17, 15) is 18.8 Å². The maximum Gasteiger partial charge on any atom is 0.335 e. The highest BCUT2D eigenvalue weighted by Gasteiger charge is 2.37. The van der Waals surface area contributed by atoms with E-state index in [2.05, 4.69) is 5.32 Å². The Balaban J connectivity index is 1.73. The molecule has 32 heavy (non-hydrogen) atoms. The van der Waals surface area contributed by atoms with Gasteiger partial charge in [-0.25, -0.2) is 14.1 Å². The largest absolute Gasteiger partial charge is 0.335 e. The molecule has 6 heteroatoms. The molecule has 5 nitrogen and oxygen atoms in total. The summed E-state index contributed by atoms with van der Waals surface area (Å²) < 4.78 is 14.2. The van der Waals surface area contributed by atoms with Crippen LogP contribution in [0.25, 0.3) is 6.08 Å². The molecule has 0 bridgehead atoms. The van der Waals surface area contributed by atoms with E-state index in [0.717, 1.165) is 21.6 Å². The zero-order chi connectivity index (χ0) is 22.8. The number of carbonyl (C=O) groups is 3. The SMILES string of the molecule is Cc1ccc(N2C(=O)NC(=O)/C(=C\c3ccccc3Cc3ccccc3F)C2=O)cc1C. The van der Waals surface area contributed by atoms with Gasteiger partial charge in [0.2, 0.25) is 0 Å². The smallest absolute Gasteiger partial charge is 0.273 e. The average molecular weight is 428 g/mol. The summed E-state index contributed by atoms with van der Waals surface area (Å²) in [5, 5.41) is 2.24. The second-order valence-electron chi connectivity index (χ2n) is 7.69. The number of anilines is 1. The number of hydrogen-bond acceptors (Lipinski definition) is 3. The molecule has 1 heterocycles. The summed E-state index contributed by atoms with van der Waals surface area (Å²) >= 11 is 0. The Kier molecular flexibility index (Phi) is 5.69. The van der Waals surface area contributed by atoms with E-state index >= 15 is 0 Å². The molecule has 1 saturated heterocycles. The minimum absolute atomic E-state index is 0.163. The molecule has 0 aromatic heterocycles. The summed E-state index contributed by atoms with van der Waals surface area (Å²) in [4.78, 5) is 39.1. The molecule has 4 rings (SSSR count). The van der Waals surface area contributed by atoms with Gasteiger partial charge in [0, 0.05) is 6.42 Å². The first kappa shape index (κ1) is 21.2. The van der Waals surface area contributed by atoms with Crippen LogP contribution >= 0.6 is 0 Å². The third-order valence-electron chi connectivity index (χ3n) is 5.54. The monoisotopic (exact) mass is 428 g/mol. The predicted octanol–water partition coefficient (Wildman–Crippen LogP) is 4.70. The van der Waals surface area contributed by atoms with Gasteiger partial charge in [0.25, 0.3) is 11.8 Å². The van der Waals surface area contributed by atoms with E-state index in [4.69, 9.17) is 0 Å². The van der Waals surface area contributed by atoms with Crippen LogP contribution in [0.4, 0.5) is 14.9 Å². The Labute approximate surface area is 185 Å². The van der Waals surface area contributed by atoms with Gasteiger partial charge in [-0.2, -0.15) is 0 Å². The molecule has 3 aromatic carbocycles. The van der Waals surface area contributed by atoms with Crippen LogP contribution in [0.5, 0.6) is 0 Å². The van der Waals surface area contributed by atoms with Crippen LogP contribution in [-0.4, -0.2) is 17.8 Å². The second-order valence-corrected chi connectivity index (χ2v) is 7.69. The summed E-state index contributed by atoms with van der Waals surface area (Å²) in [6.45, 7) is 3.81. The summed E-state index contributed by atoms with van der Waals surface area (Å²) in [5.41, 5.74) is 4.01. The molecular weight excluding hydrogens is 407 g/mol. The molecule has 1 aliphatic rings. The van der Waals surface area contributed by atoms with E-state index in [1.165, 1.54) is 12.1 Å². The highest BCUT2D eigenvalue weighted by atomic mass is 19.1. The molecule has 4 amide bonds. The minimum Gasteiger partial charge on any atom is -0.273 e. The molecule has 0 atom stereocenters. The Morgan fingerprint density at radius 2 is 1.56 bits per heavy atom. The molecule has 1 aliphatic heterocycles. The van der Waals surface area contributed by atoms with Gasteiger partial charge in [0.1, 0.15) is 11.4 Å². The highest BCUT2D eigenvalue weighted by molar-refractivity contribution is 6.39. The van der Waals surface area contributed by atoms with E-state index < -0.39 is 17.8 Å². The van der Waals surface area contributed by atoms with Crippen molar-refractivity contribution in [2.24, 2.45) is 0 Å². The third kappa shape index (κ3) is 4.07. The lowest BCUT2D eigenvalue weighted by molar-refractivity contribution is -0.122. The zero-order valence-electron chi connectivity index (χ0n) is 17.7. The molecule has 0 spiro atoms. The molecule has 0 aliphatic carbocycles. The maximum atomic E-state index is 14.2. The van der Waals surface area contributed by atoms with Gasteiger partial charge in [-0.15, -0.1) is 0 Å². The van der Waals surface area contributed by atoms with Crippen LogP contribution in [0, 0.1) is 19.7 Å². The van der Waals surface area contributed by atoms with E-state index in [0.29, 0.717) is 23.2 Å². The number of rotatable bonds is 4. The van der Waals surface area contributed by atoms with E-state index in [-0.39, 0.29) is 11.4 Å². The fraction of sp³-hybridized carbons (Fsp3) is 0.115. The maximum absolute atomic E-state index is 14.2. The molecule has 160 valence electrons. The van der Waals surface area contributed by atoms with Gasteiger partial charge in [0.05, 0.1) is 5.69 Å². The van der Waals surface area contributed by atoms with Crippen molar-refractivity contribution in [3.63, 3.8) is 0 Å². The Morgan fingerprint density at radius 3 is 2.28 bits per heavy atom. The van der Waals surface area contributed by atoms with Crippen molar-refractivity contribution in [2.45, 2.75) is 20.3 Å². The number of carbonyl (C=O) groups excluding carboxylic acids is 3. The Morgan fingerprint density at radius 1 is 0.875 bits per heavy atom. The molecule has 0 radical (unpaired) electrons.